The van der Waals surface area contributed by atoms with Crippen molar-refractivity contribution in [2.45, 2.75) is 16.7 Å². The number of benzene rings is 2. The van der Waals surface area contributed by atoms with E-state index in [1.807, 2.05) is 12.3 Å². The molecule has 2 rings (SSSR count). The number of rotatable bonds is 5. The van der Waals surface area contributed by atoms with Gasteiger partial charge in [-0.1, -0.05) is 18.2 Å². The Morgan fingerprint density at radius 3 is 2.48 bits per heavy atom. The van der Waals surface area contributed by atoms with Gasteiger partial charge in [0, 0.05) is 16.1 Å². The van der Waals surface area contributed by atoms with Crippen molar-refractivity contribution in [3.63, 3.8) is 0 Å². The molecule has 2 aromatic rings. The first-order valence-corrected chi connectivity index (χ1v) is 8.91. The molecule has 0 saturated heterocycles. The lowest BCUT2D eigenvalue weighted by atomic mass is 10.2. The van der Waals surface area contributed by atoms with Gasteiger partial charge in [0.2, 0.25) is 0 Å². The lowest BCUT2D eigenvalue weighted by molar-refractivity contribution is 0.101. The van der Waals surface area contributed by atoms with E-state index in [-0.39, 0.29) is 10.7 Å². The molecule has 0 aliphatic carbocycles. The molecule has 0 unspecified atom stereocenters. The average molecular weight is 321 g/mol. The Morgan fingerprint density at radius 2 is 1.81 bits per heavy atom. The van der Waals surface area contributed by atoms with E-state index in [1.54, 1.807) is 30.3 Å². The molecule has 110 valence electrons. The third-order valence-electron chi connectivity index (χ3n) is 2.87. The monoisotopic (exact) mass is 321 g/mol. The highest BCUT2D eigenvalue weighted by Crippen LogP contribution is 2.22. The molecule has 0 aliphatic heterocycles. The van der Waals surface area contributed by atoms with Crippen LogP contribution < -0.4 is 4.72 Å². The van der Waals surface area contributed by atoms with Crippen LogP contribution in [0.15, 0.2) is 58.3 Å². The smallest absolute Gasteiger partial charge is 0.261 e. The summed E-state index contributed by atoms with van der Waals surface area (Å²) >= 11 is 1.53. The van der Waals surface area contributed by atoms with Crippen LogP contribution in [0.3, 0.4) is 0 Å². The number of sulfonamides is 1. The van der Waals surface area contributed by atoms with E-state index in [0.717, 1.165) is 4.90 Å². The summed E-state index contributed by atoms with van der Waals surface area (Å²) in [5.74, 6) is -0.170. The Kier molecular flexibility index (Phi) is 4.69. The number of hydrogen-bond donors (Lipinski definition) is 1. The van der Waals surface area contributed by atoms with Crippen molar-refractivity contribution in [2.75, 3.05) is 11.0 Å². The number of carbonyl (C=O) groups is 1. The van der Waals surface area contributed by atoms with E-state index in [4.69, 9.17) is 0 Å². The number of thioether (sulfide) groups is 1. The predicted octanol–water partition coefficient (Wildman–Crippen LogP) is 3.41. The second kappa shape index (κ2) is 6.32. The molecule has 0 amide bonds. The quantitative estimate of drug-likeness (QED) is 0.677. The lowest BCUT2D eigenvalue weighted by Gasteiger charge is -2.09. The van der Waals surface area contributed by atoms with E-state index < -0.39 is 10.0 Å². The van der Waals surface area contributed by atoms with Crippen LogP contribution in [0.1, 0.15) is 17.3 Å². The van der Waals surface area contributed by atoms with Crippen molar-refractivity contribution in [3.8, 4) is 0 Å². The highest BCUT2D eigenvalue weighted by Gasteiger charge is 2.15. The fourth-order valence-electron chi connectivity index (χ4n) is 1.78. The summed E-state index contributed by atoms with van der Waals surface area (Å²) in [5.41, 5.74) is 0.866. The molecule has 21 heavy (non-hydrogen) atoms. The third kappa shape index (κ3) is 3.86. The van der Waals surface area contributed by atoms with Gasteiger partial charge in [-0.3, -0.25) is 9.52 Å². The second-order valence-corrected chi connectivity index (χ2v) is 6.98. The number of carbonyl (C=O) groups excluding carboxylic acids is 1. The molecule has 6 heteroatoms. The van der Waals surface area contributed by atoms with Crippen LogP contribution in [-0.2, 0) is 10.0 Å². The molecular formula is C15H15NO3S2. The molecular weight excluding hydrogens is 306 g/mol. The summed E-state index contributed by atoms with van der Waals surface area (Å²) in [4.78, 5) is 12.4. The Hall–Kier alpha value is -1.79. The zero-order chi connectivity index (χ0) is 15.5. The molecule has 0 heterocycles. The molecule has 2 aromatic carbocycles. The predicted molar refractivity (Wildman–Crippen MR) is 85.5 cm³/mol. The van der Waals surface area contributed by atoms with Crippen LogP contribution >= 0.6 is 11.8 Å². The van der Waals surface area contributed by atoms with Gasteiger partial charge in [0.25, 0.3) is 10.0 Å². The number of hydrogen-bond acceptors (Lipinski definition) is 4. The maximum absolute atomic E-state index is 12.3. The summed E-state index contributed by atoms with van der Waals surface area (Å²) in [6, 6.07) is 13.1. The van der Waals surface area contributed by atoms with E-state index in [2.05, 4.69) is 4.72 Å². The van der Waals surface area contributed by atoms with E-state index in [9.17, 15) is 13.2 Å². The minimum Gasteiger partial charge on any atom is -0.295 e. The zero-order valence-electron chi connectivity index (χ0n) is 11.7. The van der Waals surface area contributed by atoms with Gasteiger partial charge in [0.15, 0.2) is 5.78 Å². The molecule has 4 nitrogen and oxygen atoms in total. The minimum atomic E-state index is -3.71. The van der Waals surface area contributed by atoms with Gasteiger partial charge in [-0.25, -0.2) is 8.42 Å². The normalized spacial score (nSPS) is 11.1. The van der Waals surface area contributed by atoms with Crippen molar-refractivity contribution in [2.24, 2.45) is 0 Å². The zero-order valence-corrected chi connectivity index (χ0v) is 13.3. The first-order valence-electron chi connectivity index (χ1n) is 6.20. The summed E-state index contributed by atoms with van der Waals surface area (Å²) < 4.78 is 27.2. The molecule has 0 fully saturated rings. The van der Waals surface area contributed by atoms with Crippen molar-refractivity contribution in [3.05, 3.63) is 54.1 Å². The summed E-state index contributed by atoms with van der Waals surface area (Å²) in [5, 5.41) is 0. The molecule has 1 N–H and O–H groups in total. The van der Waals surface area contributed by atoms with Crippen molar-refractivity contribution in [1.82, 2.24) is 0 Å². The van der Waals surface area contributed by atoms with Gasteiger partial charge in [0.05, 0.1) is 4.90 Å². The average Bonchev–Trinajstić information content (AvgIpc) is 2.47. The molecule has 0 bridgehead atoms. The SMILES string of the molecule is CSc1cccc(NS(=O)(=O)c2cccc(C(C)=O)c2)c1. The van der Waals surface area contributed by atoms with Gasteiger partial charge in [-0.2, -0.15) is 0 Å². The Labute approximate surface area is 128 Å². The molecule has 0 spiro atoms. The van der Waals surface area contributed by atoms with Crippen LogP contribution in [0.2, 0.25) is 0 Å². The third-order valence-corrected chi connectivity index (χ3v) is 4.98. The first-order chi connectivity index (χ1) is 9.92. The number of anilines is 1. The Bertz CT molecular complexity index is 770. The standard InChI is InChI=1S/C15H15NO3S2/c1-11(17)12-5-3-8-15(9-12)21(18,19)16-13-6-4-7-14(10-13)20-2/h3-10,16H,1-2H3. The number of ketones is 1. The topological polar surface area (TPSA) is 63.2 Å². The molecule has 0 atom stereocenters. The maximum atomic E-state index is 12.3. The van der Waals surface area contributed by atoms with Crippen LogP contribution in [0, 0.1) is 0 Å². The van der Waals surface area contributed by atoms with Crippen molar-refractivity contribution in [1.29, 1.82) is 0 Å². The minimum absolute atomic E-state index is 0.0738. The van der Waals surface area contributed by atoms with Crippen molar-refractivity contribution < 1.29 is 13.2 Å². The number of Topliss-reactive ketones (excluding diaryl/α,β-unsaturated/α-hetero) is 1. The van der Waals surface area contributed by atoms with Crippen LogP contribution in [0.4, 0.5) is 5.69 Å². The van der Waals surface area contributed by atoms with Crippen LogP contribution in [0.5, 0.6) is 0 Å². The van der Waals surface area contributed by atoms with E-state index in [1.165, 1.54) is 30.8 Å². The maximum Gasteiger partial charge on any atom is 0.261 e. The summed E-state index contributed by atoms with van der Waals surface area (Å²) in [6.45, 7) is 1.40. The van der Waals surface area contributed by atoms with Gasteiger partial charge in [-0.05, 0) is 43.5 Å². The molecule has 0 aliphatic rings. The highest BCUT2D eigenvalue weighted by molar-refractivity contribution is 7.98. The largest absolute Gasteiger partial charge is 0.295 e. The fourth-order valence-corrected chi connectivity index (χ4v) is 3.34. The summed E-state index contributed by atoms with van der Waals surface area (Å²) in [6.07, 6.45) is 1.92. The van der Waals surface area contributed by atoms with Crippen molar-refractivity contribution >= 4 is 33.3 Å². The lowest BCUT2D eigenvalue weighted by Crippen LogP contribution is -2.13. The Morgan fingerprint density at radius 1 is 1.10 bits per heavy atom. The van der Waals surface area contributed by atoms with E-state index >= 15 is 0 Å². The molecule has 0 aromatic heterocycles. The van der Waals surface area contributed by atoms with Gasteiger partial charge >= 0.3 is 0 Å². The van der Waals surface area contributed by atoms with Gasteiger partial charge in [-0.15, -0.1) is 11.8 Å². The van der Waals surface area contributed by atoms with Crippen LogP contribution in [-0.4, -0.2) is 20.5 Å². The first kappa shape index (κ1) is 15.6. The van der Waals surface area contributed by atoms with E-state index in [0.29, 0.717) is 11.3 Å². The fraction of sp³-hybridized carbons (Fsp3) is 0.133. The van der Waals surface area contributed by atoms with Crippen LogP contribution in [0.25, 0.3) is 0 Å². The number of nitrogens with one attached hydrogen (secondary N) is 1. The highest BCUT2D eigenvalue weighted by atomic mass is 32.2. The molecule has 0 saturated carbocycles. The second-order valence-electron chi connectivity index (χ2n) is 4.42. The Balaban J connectivity index is 2.33. The molecule has 0 radical (unpaired) electrons. The van der Waals surface area contributed by atoms with Gasteiger partial charge < -0.3 is 0 Å². The summed E-state index contributed by atoms with van der Waals surface area (Å²) in [7, 11) is -3.71. The van der Waals surface area contributed by atoms with Gasteiger partial charge in [0.1, 0.15) is 0 Å².